The minimum atomic E-state index is -4.64. The summed E-state index contributed by atoms with van der Waals surface area (Å²) >= 11 is 6.01. The molecule has 0 spiro atoms. The Morgan fingerprint density at radius 2 is 1.97 bits per heavy atom. The molecule has 16 heteroatoms. The third kappa shape index (κ3) is 6.82. The number of fused-ring (bicyclic) bond motifs is 1. The van der Waals surface area contributed by atoms with Crippen molar-refractivity contribution in [2.24, 2.45) is 0 Å². The maximum absolute atomic E-state index is 10.3. The van der Waals surface area contributed by atoms with E-state index in [1.165, 1.54) is 6.33 Å². The van der Waals surface area contributed by atoms with Crippen LogP contribution in [-0.4, -0.2) is 83.4 Å². The number of aliphatic hydroxyl groups excluding tert-OH is 3. The molecule has 0 radical (unpaired) electrons. The van der Waals surface area contributed by atoms with Crippen molar-refractivity contribution in [3.8, 4) is 5.75 Å². The molecule has 0 saturated carbocycles. The van der Waals surface area contributed by atoms with Crippen molar-refractivity contribution in [3.05, 3.63) is 41.4 Å². The number of phosphoric acid groups is 1. The summed E-state index contributed by atoms with van der Waals surface area (Å²) in [5.74, 6) is 1.46. The number of ether oxygens (including phenoxy) is 2. The van der Waals surface area contributed by atoms with Gasteiger partial charge in [-0.3, -0.25) is 4.52 Å². The second-order valence-electron chi connectivity index (χ2n) is 6.97. The highest BCUT2D eigenvalue weighted by Crippen LogP contribution is 2.37. The number of phosphoric ester groups is 1. The molecule has 0 amide bonds. The first-order valence-electron chi connectivity index (χ1n) is 9.69. The Balaban J connectivity index is 0.000000204. The van der Waals surface area contributed by atoms with Gasteiger partial charge in [-0.25, -0.2) is 19.5 Å². The average Bonchev–Trinajstić information content (AvgIpc) is 3.37. The fraction of sp³-hybridized carbons (Fsp3) is 0.389. The first-order valence-corrected chi connectivity index (χ1v) is 11.6. The van der Waals surface area contributed by atoms with E-state index in [0.717, 1.165) is 16.8 Å². The Labute approximate surface area is 197 Å². The molecule has 1 fully saturated rings. The van der Waals surface area contributed by atoms with E-state index in [0.29, 0.717) is 23.0 Å². The molecule has 1 aliphatic rings. The summed E-state index contributed by atoms with van der Waals surface area (Å²) in [7, 11) is -3.01. The van der Waals surface area contributed by atoms with Crippen LogP contribution in [0.1, 0.15) is 5.56 Å². The van der Waals surface area contributed by atoms with E-state index in [9.17, 15) is 4.57 Å². The van der Waals surface area contributed by atoms with Crippen molar-refractivity contribution in [1.29, 1.82) is 0 Å². The summed E-state index contributed by atoms with van der Waals surface area (Å²) in [5, 5.41) is 30.9. The number of nitrogens with one attached hydrogen (secondary N) is 2. The van der Waals surface area contributed by atoms with E-state index in [1.54, 1.807) is 19.5 Å². The SMILES string of the molecule is COc1ccc(Cl)cc1CNc1ncnc2nc[nH]c12.O=P(O)(O)OC[C@H]1OC(O)[C@H](O)[C@@H]1O. The zero-order valence-corrected chi connectivity index (χ0v) is 19.3. The molecule has 34 heavy (non-hydrogen) atoms. The predicted molar refractivity (Wildman–Crippen MR) is 118 cm³/mol. The number of benzene rings is 1. The van der Waals surface area contributed by atoms with Crippen LogP contribution in [0.25, 0.3) is 11.2 Å². The van der Waals surface area contributed by atoms with Crippen LogP contribution in [0.4, 0.5) is 5.82 Å². The molecular formula is C18H23ClN5O9P. The molecule has 4 atom stereocenters. The first kappa shape index (κ1) is 26.2. The second kappa shape index (κ2) is 11.4. The number of rotatable bonds is 7. The van der Waals surface area contributed by atoms with Crippen LogP contribution in [0.2, 0.25) is 5.02 Å². The molecule has 186 valence electrons. The Morgan fingerprint density at radius 3 is 2.62 bits per heavy atom. The van der Waals surface area contributed by atoms with E-state index in [2.05, 4.69) is 34.5 Å². The zero-order chi connectivity index (χ0) is 24.9. The van der Waals surface area contributed by atoms with Crippen LogP contribution in [0, 0.1) is 0 Å². The molecule has 7 N–H and O–H groups in total. The summed E-state index contributed by atoms with van der Waals surface area (Å²) in [6.07, 6.45) is -2.61. The number of nitrogens with zero attached hydrogens (tertiary/aromatic N) is 3. The van der Waals surface area contributed by atoms with Crippen LogP contribution >= 0.6 is 19.4 Å². The molecule has 2 aromatic heterocycles. The normalized spacial score (nSPS) is 22.3. The molecule has 3 aromatic rings. The van der Waals surface area contributed by atoms with Gasteiger partial charge in [0.1, 0.15) is 35.9 Å². The summed E-state index contributed by atoms with van der Waals surface area (Å²) in [6, 6.07) is 5.49. The van der Waals surface area contributed by atoms with Crippen molar-refractivity contribution in [3.63, 3.8) is 0 Å². The summed E-state index contributed by atoms with van der Waals surface area (Å²) < 4.78 is 24.2. The number of hydrogen-bond donors (Lipinski definition) is 7. The van der Waals surface area contributed by atoms with E-state index in [1.807, 2.05) is 12.1 Å². The molecule has 1 unspecified atom stereocenters. The van der Waals surface area contributed by atoms with Gasteiger partial charge >= 0.3 is 7.82 Å². The van der Waals surface area contributed by atoms with Gasteiger partial charge in [-0.05, 0) is 18.2 Å². The summed E-state index contributed by atoms with van der Waals surface area (Å²) in [4.78, 5) is 32.0. The predicted octanol–water partition coefficient (Wildman–Crippen LogP) is 0.162. The van der Waals surface area contributed by atoms with Crippen molar-refractivity contribution < 1.29 is 43.7 Å². The van der Waals surface area contributed by atoms with Crippen LogP contribution in [0.3, 0.4) is 0 Å². The quantitative estimate of drug-likeness (QED) is 0.207. The minimum absolute atomic E-state index is 0.537. The van der Waals surface area contributed by atoms with E-state index in [-0.39, 0.29) is 0 Å². The molecule has 1 saturated heterocycles. The number of aliphatic hydroxyl groups is 3. The lowest BCUT2D eigenvalue weighted by atomic mass is 10.1. The van der Waals surface area contributed by atoms with Gasteiger partial charge in [0.15, 0.2) is 17.8 Å². The molecular weight excluding hydrogens is 497 g/mol. The van der Waals surface area contributed by atoms with E-state index >= 15 is 0 Å². The third-order valence-electron chi connectivity index (χ3n) is 4.66. The lowest BCUT2D eigenvalue weighted by Crippen LogP contribution is -2.34. The fourth-order valence-electron chi connectivity index (χ4n) is 3.00. The summed E-state index contributed by atoms with van der Waals surface area (Å²) in [6.45, 7) is -0.0750. The molecule has 0 bridgehead atoms. The van der Waals surface area contributed by atoms with Gasteiger partial charge in [-0.15, -0.1) is 0 Å². The Kier molecular flexibility index (Phi) is 8.76. The van der Waals surface area contributed by atoms with Crippen molar-refractivity contribution in [2.45, 2.75) is 31.1 Å². The number of hydrogen-bond acceptors (Lipinski definition) is 11. The smallest absolute Gasteiger partial charge is 0.469 e. The Morgan fingerprint density at radius 1 is 1.21 bits per heavy atom. The third-order valence-corrected chi connectivity index (χ3v) is 5.38. The second-order valence-corrected chi connectivity index (χ2v) is 8.64. The number of aromatic nitrogens is 4. The van der Waals surface area contributed by atoms with E-state index in [4.69, 9.17) is 41.4 Å². The molecule has 14 nitrogen and oxygen atoms in total. The highest BCUT2D eigenvalue weighted by atomic mass is 35.5. The molecule has 4 rings (SSSR count). The van der Waals surface area contributed by atoms with Gasteiger partial charge in [0.2, 0.25) is 0 Å². The van der Waals surface area contributed by atoms with Gasteiger partial charge < -0.3 is 44.9 Å². The maximum Gasteiger partial charge on any atom is 0.469 e. The largest absolute Gasteiger partial charge is 0.496 e. The van der Waals surface area contributed by atoms with Crippen molar-refractivity contribution in [2.75, 3.05) is 19.0 Å². The van der Waals surface area contributed by atoms with Gasteiger partial charge in [-0.1, -0.05) is 11.6 Å². The molecule has 3 heterocycles. The van der Waals surface area contributed by atoms with Crippen molar-refractivity contribution >= 4 is 36.4 Å². The maximum atomic E-state index is 10.3. The summed E-state index contributed by atoms with van der Waals surface area (Å²) in [5.41, 5.74) is 2.35. The fourth-order valence-corrected chi connectivity index (χ4v) is 3.54. The van der Waals surface area contributed by atoms with Crippen LogP contribution in [0.15, 0.2) is 30.9 Å². The van der Waals surface area contributed by atoms with Crippen LogP contribution < -0.4 is 10.1 Å². The molecule has 0 aliphatic carbocycles. The number of methoxy groups -OCH3 is 1. The zero-order valence-electron chi connectivity index (χ0n) is 17.6. The average molecular weight is 520 g/mol. The van der Waals surface area contributed by atoms with Crippen molar-refractivity contribution in [1.82, 2.24) is 19.9 Å². The van der Waals surface area contributed by atoms with Gasteiger partial charge in [0.05, 0.1) is 20.0 Å². The number of imidazole rings is 1. The first-order chi connectivity index (χ1) is 16.1. The Bertz CT molecular complexity index is 1150. The monoisotopic (exact) mass is 519 g/mol. The van der Waals surface area contributed by atoms with E-state index < -0.39 is 39.0 Å². The Hall–Kier alpha value is -2.39. The standard InChI is InChI=1S/C13H12ClN5O.C5H11O8P/c1-20-10-3-2-9(14)4-8(10)5-15-12-11-13(17-6-16-11)19-7-18-12;6-3-2(1-12-14(9,10)11)13-5(8)4(3)7/h2-4,6-7H,5H2,1H3,(H2,15,16,17,18,19);2-8H,1H2,(H2,9,10,11)/t;2-,3-,4-,5?/m.1/s1. The van der Waals surface area contributed by atoms with Crippen LogP contribution in [0.5, 0.6) is 5.75 Å². The topological polar surface area (TPSA) is 212 Å². The number of halogens is 1. The lowest BCUT2D eigenvalue weighted by Gasteiger charge is -2.14. The van der Waals surface area contributed by atoms with Crippen LogP contribution in [-0.2, 0) is 20.4 Å². The highest BCUT2D eigenvalue weighted by Gasteiger charge is 2.42. The lowest BCUT2D eigenvalue weighted by molar-refractivity contribution is -0.132. The number of aromatic amines is 1. The minimum Gasteiger partial charge on any atom is -0.496 e. The number of H-pyrrole nitrogens is 1. The molecule has 1 aromatic carbocycles. The number of anilines is 1. The molecule has 1 aliphatic heterocycles. The van der Waals surface area contributed by atoms with Gasteiger partial charge in [0, 0.05) is 17.1 Å². The highest BCUT2D eigenvalue weighted by molar-refractivity contribution is 7.46. The van der Waals surface area contributed by atoms with Gasteiger partial charge in [-0.2, -0.15) is 0 Å². The van der Waals surface area contributed by atoms with Gasteiger partial charge in [0.25, 0.3) is 0 Å².